The molecule has 1 saturated carbocycles. The molecule has 0 spiro atoms. The van der Waals surface area contributed by atoms with Crippen molar-refractivity contribution in [2.75, 3.05) is 11.4 Å². The predicted molar refractivity (Wildman–Crippen MR) is 95.9 cm³/mol. The summed E-state index contributed by atoms with van der Waals surface area (Å²) in [7, 11) is 0. The number of carbonyl (C=O) groups excluding carboxylic acids is 1. The number of anilines is 1. The summed E-state index contributed by atoms with van der Waals surface area (Å²) in [6.45, 7) is 0.814. The zero-order valence-electron chi connectivity index (χ0n) is 13.6. The molecule has 1 aliphatic carbocycles. The molecule has 1 aromatic heterocycles. The van der Waals surface area contributed by atoms with Crippen molar-refractivity contribution in [1.82, 2.24) is 10.2 Å². The molecule has 24 heavy (non-hydrogen) atoms. The number of hydrogen-bond donors (Lipinski definition) is 1. The Morgan fingerprint density at radius 2 is 1.83 bits per heavy atom. The summed E-state index contributed by atoms with van der Waals surface area (Å²) in [5, 5.41) is 8.36. The fraction of sp³-hybridized carbons (Fsp3) is 0.300. The van der Waals surface area contributed by atoms with Gasteiger partial charge in [-0.2, -0.15) is 5.10 Å². The lowest BCUT2D eigenvalue weighted by molar-refractivity contribution is -0.118. The number of carbonyl (C=O) groups is 1. The van der Waals surface area contributed by atoms with Crippen molar-refractivity contribution in [3.63, 3.8) is 0 Å². The highest BCUT2D eigenvalue weighted by Crippen LogP contribution is 2.29. The van der Waals surface area contributed by atoms with Crippen LogP contribution in [-0.2, 0) is 11.2 Å². The van der Waals surface area contributed by atoms with Gasteiger partial charge in [-0.15, -0.1) is 0 Å². The van der Waals surface area contributed by atoms with Crippen LogP contribution in [0.15, 0.2) is 54.6 Å². The van der Waals surface area contributed by atoms with Gasteiger partial charge in [0.15, 0.2) is 0 Å². The first-order chi connectivity index (χ1) is 11.8. The van der Waals surface area contributed by atoms with Gasteiger partial charge in [-0.25, -0.2) is 0 Å². The lowest BCUT2D eigenvalue weighted by Crippen LogP contribution is -2.38. The number of rotatable bonds is 5. The average molecular weight is 319 g/mol. The maximum absolute atomic E-state index is 13.0. The standard InChI is InChI=1S/C20H21N3O/c24-20(13-19-17-11-4-5-12-18(17)21-22-19)23(14-15-7-6-8-15)16-9-2-1-3-10-16/h1-5,9-12,15H,6-8,13-14H2,(H,21,22). The first kappa shape index (κ1) is 14.9. The number of para-hydroxylation sites is 2. The number of H-pyrrole nitrogens is 1. The number of nitrogens with one attached hydrogen (secondary N) is 1. The van der Waals surface area contributed by atoms with E-state index in [1.54, 1.807) is 0 Å². The van der Waals surface area contributed by atoms with Crippen LogP contribution in [-0.4, -0.2) is 22.6 Å². The molecule has 1 amide bonds. The molecule has 4 nitrogen and oxygen atoms in total. The van der Waals surface area contributed by atoms with Crippen molar-refractivity contribution in [2.45, 2.75) is 25.7 Å². The Morgan fingerprint density at radius 3 is 2.58 bits per heavy atom. The Bertz CT molecular complexity index is 836. The van der Waals surface area contributed by atoms with Crippen LogP contribution in [0.1, 0.15) is 25.0 Å². The molecule has 0 saturated heterocycles. The van der Waals surface area contributed by atoms with Gasteiger partial charge in [0, 0.05) is 17.6 Å². The number of fused-ring (bicyclic) bond motifs is 1. The molecular formula is C20H21N3O. The van der Waals surface area contributed by atoms with Gasteiger partial charge in [-0.3, -0.25) is 9.89 Å². The van der Waals surface area contributed by atoms with E-state index in [9.17, 15) is 4.79 Å². The number of aromatic nitrogens is 2. The summed E-state index contributed by atoms with van der Waals surface area (Å²) < 4.78 is 0. The summed E-state index contributed by atoms with van der Waals surface area (Å²) in [5.41, 5.74) is 2.79. The normalized spacial score (nSPS) is 14.5. The SMILES string of the molecule is O=C(Cc1[nH]nc2ccccc12)N(CC1CCC1)c1ccccc1. The quantitative estimate of drug-likeness (QED) is 0.774. The lowest BCUT2D eigenvalue weighted by Gasteiger charge is -2.32. The van der Waals surface area contributed by atoms with Gasteiger partial charge in [0.1, 0.15) is 0 Å². The fourth-order valence-corrected chi connectivity index (χ4v) is 3.29. The van der Waals surface area contributed by atoms with Crippen LogP contribution in [0.2, 0.25) is 0 Å². The van der Waals surface area contributed by atoms with Crippen molar-refractivity contribution >= 4 is 22.5 Å². The fourth-order valence-electron chi connectivity index (χ4n) is 3.29. The van der Waals surface area contributed by atoms with Gasteiger partial charge in [0.25, 0.3) is 0 Å². The van der Waals surface area contributed by atoms with Crippen LogP contribution in [0.25, 0.3) is 10.9 Å². The number of hydrogen-bond acceptors (Lipinski definition) is 2. The maximum atomic E-state index is 13.0. The minimum absolute atomic E-state index is 0.127. The molecule has 0 unspecified atom stereocenters. The molecule has 3 aromatic rings. The summed E-state index contributed by atoms with van der Waals surface area (Å²) in [6, 6.07) is 17.9. The van der Waals surface area contributed by atoms with Crippen LogP contribution < -0.4 is 4.90 Å². The molecule has 4 heteroatoms. The molecule has 0 bridgehead atoms. The van der Waals surface area contributed by atoms with Gasteiger partial charge in [-0.05, 0) is 37.0 Å². The van der Waals surface area contributed by atoms with Crippen molar-refractivity contribution in [2.24, 2.45) is 5.92 Å². The summed E-state index contributed by atoms with van der Waals surface area (Å²) >= 11 is 0. The Labute approximate surface area is 141 Å². The molecule has 0 radical (unpaired) electrons. The Hall–Kier alpha value is -2.62. The van der Waals surface area contributed by atoms with Crippen LogP contribution in [0.3, 0.4) is 0 Å². The van der Waals surface area contributed by atoms with Gasteiger partial charge in [0.05, 0.1) is 17.6 Å². The number of aromatic amines is 1. The Kier molecular flexibility index (Phi) is 4.03. The summed E-state index contributed by atoms with van der Waals surface area (Å²) in [5.74, 6) is 0.759. The molecule has 0 atom stereocenters. The summed E-state index contributed by atoms with van der Waals surface area (Å²) in [4.78, 5) is 15.0. The van der Waals surface area contributed by atoms with E-state index < -0.39 is 0 Å². The molecule has 2 aromatic carbocycles. The monoisotopic (exact) mass is 319 g/mol. The van der Waals surface area contributed by atoms with E-state index in [4.69, 9.17) is 0 Å². The Morgan fingerprint density at radius 1 is 1.08 bits per heavy atom. The second-order valence-corrected chi connectivity index (χ2v) is 6.53. The van der Waals surface area contributed by atoms with Crippen molar-refractivity contribution in [3.8, 4) is 0 Å². The molecule has 0 aliphatic heterocycles. The zero-order chi connectivity index (χ0) is 16.4. The predicted octanol–water partition coefficient (Wildman–Crippen LogP) is 3.94. The highest BCUT2D eigenvalue weighted by atomic mass is 16.2. The van der Waals surface area contributed by atoms with Crippen LogP contribution in [0, 0.1) is 5.92 Å². The van der Waals surface area contributed by atoms with E-state index in [1.807, 2.05) is 59.5 Å². The molecule has 1 N–H and O–H groups in total. The van der Waals surface area contributed by atoms with Crippen LogP contribution in [0.4, 0.5) is 5.69 Å². The third-order valence-electron chi connectivity index (χ3n) is 4.90. The third-order valence-corrected chi connectivity index (χ3v) is 4.90. The largest absolute Gasteiger partial charge is 0.312 e. The molecule has 1 heterocycles. The second-order valence-electron chi connectivity index (χ2n) is 6.53. The van der Waals surface area contributed by atoms with Crippen molar-refractivity contribution < 1.29 is 4.79 Å². The molecule has 122 valence electrons. The number of amides is 1. The molecule has 1 aliphatic rings. The smallest absolute Gasteiger partial charge is 0.233 e. The highest BCUT2D eigenvalue weighted by molar-refractivity contribution is 5.97. The third kappa shape index (κ3) is 2.92. The van der Waals surface area contributed by atoms with Crippen molar-refractivity contribution in [3.05, 3.63) is 60.3 Å². The van der Waals surface area contributed by atoms with E-state index >= 15 is 0 Å². The second kappa shape index (κ2) is 6.48. The van der Waals surface area contributed by atoms with E-state index in [1.165, 1.54) is 19.3 Å². The van der Waals surface area contributed by atoms with E-state index in [2.05, 4.69) is 10.2 Å². The minimum atomic E-state index is 0.127. The zero-order valence-corrected chi connectivity index (χ0v) is 13.6. The molecular weight excluding hydrogens is 298 g/mol. The van der Waals surface area contributed by atoms with E-state index in [-0.39, 0.29) is 5.91 Å². The Balaban J connectivity index is 1.58. The van der Waals surface area contributed by atoms with E-state index in [0.29, 0.717) is 12.3 Å². The number of nitrogens with zero attached hydrogens (tertiary/aromatic N) is 2. The minimum Gasteiger partial charge on any atom is -0.312 e. The van der Waals surface area contributed by atoms with Gasteiger partial charge in [-0.1, -0.05) is 42.8 Å². The topological polar surface area (TPSA) is 49.0 Å². The first-order valence-corrected chi connectivity index (χ1v) is 8.58. The highest BCUT2D eigenvalue weighted by Gasteiger charge is 2.25. The van der Waals surface area contributed by atoms with Gasteiger partial charge < -0.3 is 4.90 Å². The van der Waals surface area contributed by atoms with Gasteiger partial charge in [0.2, 0.25) is 5.91 Å². The van der Waals surface area contributed by atoms with Crippen molar-refractivity contribution in [1.29, 1.82) is 0 Å². The number of benzene rings is 2. The first-order valence-electron chi connectivity index (χ1n) is 8.58. The molecule has 1 fully saturated rings. The van der Waals surface area contributed by atoms with E-state index in [0.717, 1.165) is 28.8 Å². The average Bonchev–Trinajstić information content (AvgIpc) is 2.98. The maximum Gasteiger partial charge on any atom is 0.233 e. The lowest BCUT2D eigenvalue weighted by atomic mass is 9.85. The molecule has 4 rings (SSSR count). The van der Waals surface area contributed by atoms with Crippen LogP contribution >= 0.6 is 0 Å². The summed E-state index contributed by atoms with van der Waals surface area (Å²) in [6.07, 6.45) is 4.09. The van der Waals surface area contributed by atoms with Crippen LogP contribution in [0.5, 0.6) is 0 Å². The van der Waals surface area contributed by atoms with Gasteiger partial charge >= 0.3 is 0 Å².